The van der Waals surface area contributed by atoms with Crippen LogP contribution in [0.15, 0.2) is 48.5 Å². The smallest absolute Gasteiger partial charge is 0.232 e. The first-order valence-electron chi connectivity index (χ1n) is 7.38. The zero-order chi connectivity index (χ0) is 16.4. The van der Waals surface area contributed by atoms with Crippen molar-refractivity contribution in [1.82, 2.24) is 0 Å². The van der Waals surface area contributed by atoms with Crippen LogP contribution in [-0.2, 0) is 16.6 Å². The standard InChI is InChI=1S/C17H19NO4S/c1-23(20,21)18-10-14(11-19)16-8-7-15(9-17(16)18)22-12-13-5-3-2-4-6-13/h2-9,14,19H,10-12H2,1H3. The van der Waals surface area contributed by atoms with E-state index in [1.165, 1.54) is 10.6 Å². The maximum absolute atomic E-state index is 12.0. The van der Waals surface area contributed by atoms with Crippen LogP contribution in [0.5, 0.6) is 5.75 Å². The van der Waals surface area contributed by atoms with Crippen molar-refractivity contribution in [1.29, 1.82) is 0 Å². The SMILES string of the molecule is CS(=O)(=O)N1CC(CO)c2ccc(OCc3ccccc3)cc21. The molecule has 2 aromatic carbocycles. The Kier molecular flexibility index (Phi) is 4.28. The van der Waals surface area contributed by atoms with Gasteiger partial charge in [0.2, 0.25) is 10.0 Å². The molecule has 0 saturated carbocycles. The summed E-state index contributed by atoms with van der Waals surface area (Å²) >= 11 is 0. The van der Waals surface area contributed by atoms with Crippen molar-refractivity contribution in [3.63, 3.8) is 0 Å². The molecule has 6 heteroatoms. The molecule has 1 unspecified atom stereocenters. The zero-order valence-electron chi connectivity index (χ0n) is 12.8. The molecule has 3 rings (SSSR count). The highest BCUT2D eigenvalue weighted by molar-refractivity contribution is 7.92. The molecule has 23 heavy (non-hydrogen) atoms. The van der Waals surface area contributed by atoms with Crippen molar-refractivity contribution in [3.8, 4) is 5.75 Å². The molecule has 1 aliphatic heterocycles. The molecule has 1 atom stereocenters. The van der Waals surface area contributed by atoms with Gasteiger partial charge in [0.15, 0.2) is 0 Å². The first-order chi connectivity index (χ1) is 11.0. The van der Waals surface area contributed by atoms with Gasteiger partial charge in [-0.2, -0.15) is 0 Å². The molecule has 0 bridgehead atoms. The minimum atomic E-state index is -3.38. The van der Waals surface area contributed by atoms with Crippen molar-refractivity contribution < 1.29 is 18.3 Å². The number of hydrogen-bond donors (Lipinski definition) is 1. The number of fused-ring (bicyclic) bond motifs is 1. The Morgan fingerprint density at radius 3 is 2.61 bits per heavy atom. The van der Waals surface area contributed by atoms with E-state index in [9.17, 15) is 13.5 Å². The molecule has 1 N–H and O–H groups in total. The van der Waals surface area contributed by atoms with Gasteiger partial charge >= 0.3 is 0 Å². The van der Waals surface area contributed by atoms with Crippen molar-refractivity contribution in [2.75, 3.05) is 23.7 Å². The number of nitrogens with zero attached hydrogens (tertiary/aromatic N) is 1. The quantitative estimate of drug-likeness (QED) is 0.910. The van der Waals surface area contributed by atoms with E-state index in [0.29, 0.717) is 18.0 Å². The lowest BCUT2D eigenvalue weighted by Gasteiger charge is -2.17. The summed E-state index contributed by atoms with van der Waals surface area (Å²) in [6, 6.07) is 15.2. The Labute approximate surface area is 136 Å². The summed E-state index contributed by atoms with van der Waals surface area (Å²) in [5.74, 6) is 0.419. The summed E-state index contributed by atoms with van der Waals surface area (Å²) < 4.78 is 31.0. The number of anilines is 1. The van der Waals surface area contributed by atoms with Gasteiger partial charge < -0.3 is 9.84 Å². The summed E-state index contributed by atoms with van der Waals surface area (Å²) in [6.45, 7) is 0.609. The van der Waals surface area contributed by atoms with Crippen LogP contribution >= 0.6 is 0 Å². The highest BCUT2D eigenvalue weighted by atomic mass is 32.2. The fraction of sp³-hybridized carbons (Fsp3) is 0.294. The predicted molar refractivity (Wildman–Crippen MR) is 89.2 cm³/mol. The first-order valence-corrected chi connectivity index (χ1v) is 9.23. The minimum Gasteiger partial charge on any atom is -0.489 e. The maximum Gasteiger partial charge on any atom is 0.232 e. The lowest BCUT2D eigenvalue weighted by Crippen LogP contribution is -2.29. The average Bonchev–Trinajstić information content (AvgIpc) is 2.92. The lowest BCUT2D eigenvalue weighted by molar-refractivity contribution is 0.272. The van der Waals surface area contributed by atoms with Gasteiger partial charge in [0.05, 0.1) is 18.6 Å². The van der Waals surface area contributed by atoms with Gasteiger partial charge in [-0.3, -0.25) is 4.31 Å². The molecule has 0 aliphatic carbocycles. The Hall–Kier alpha value is -2.05. The Balaban J connectivity index is 1.85. The number of benzene rings is 2. The van der Waals surface area contributed by atoms with Crippen LogP contribution in [0, 0.1) is 0 Å². The molecule has 1 aliphatic rings. The van der Waals surface area contributed by atoms with Gasteiger partial charge in [0, 0.05) is 18.5 Å². The molecule has 0 radical (unpaired) electrons. The summed E-state index contributed by atoms with van der Waals surface area (Å²) in [6.07, 6.45) is 1.17. The Morgan fingerprint density at radius 2 is 1.96 bits per heavy atom. The second-order valence-corrected chi connectivity index (χ2v) is 7.58. The molecule has 0 fully saturated rings. The summed E-state index contributed by atoms with van der Waals surface area (Å²) in [5, 5.41) is 9.46. The molecule has 1 heterocycles. The van der Waals surface area contributed by atoms with E-state index in [1.807, 2.05) is 42.5 Å². The second-order valence-electron chi connectivity index (χ2n) is 5.67. The van der Waals surface area contributed by atoms with Crippen LogP contribution in [0.25, 0.3) is 0 Å². The van der Waals surface area contributed by atoms with Crippen molar-refractivity contribution >= 4 is 15.7 Å². The fourth-order valence-corrected chi connectivity index (χ4v) is 3.75. The second kappa shape index (κ2) is 6.22. The molecular weight excluding hydrogens is 314 g/mol. The third kappa shape index (κ3) is 3.33. The number of rotatable bonds is 5. The lowest BCUT2D eigenvalue weighted by atomic mass is 10.0. The van der Waals surface area contributed by atoms with Crippen LogP contribution in [-0.4, -0.2) is 32.9 Å². The zero-order valence-corrected chi connectivity index (χ0v) is 13.7. The topological polar surface area (TPSA) is 66.8 Å². The van der Waals surface area contributed by atoms with Crippen LogP contribution < -0.4 is 9.04 Å². The number of aliphatic hydroxyl groups is 1. The minimum absolute atomic E-state index is 0.0801. The van der Waals surface area contributed by atoms with Crippen LogP contribution in [0.2, 0.25) is 0 Å². The van der Waals surface area contributed by atoms with Crippen molar-refractivity contribution in [3.05, 3.63) is 59.7 Å². The summed E-state index contributed by atoms with van der Waals surface area (Å²) in [7, 11) is -3.38. The molecule has 122 valence electrons. The van der Waals surface area contributed by atoms with E-state index in [0.717, 1.165) is 11.1 Å². The van der Waals surface area contributed by atoms with E-state index >= 15 is 0 Å². The Morgan fingerprint density at radius 1 is 1.22 bits per heavy atom. The van der Waals surface area contributed by atoms with Crippen molar-refractivity contribution in [2.24, 2.45) is 0 Å². The molecule has 0 saturated heterocycles. The van der Waals surface area contributed by atoms with Crippen molar-refractivity contribution in [2.45, 2.75) is 12.5 Å². The van der Waals surface area contributed by atoms with E-state index in [1.54, 1.807) is 6.07 Å². The number of aliphatic hydroxyl groups excluding tert-OH is 1. The van der Waals surface area contributed by atoms with Gasteiger partial charge in [-0.25, -0.2) is 8.42 Å². The maximum atomic E-state index is 12.0. The summed E-state index contributed by atoms with van der Waals surface area (Å²) in [4.78, 5) is 0. The molecule has 0 aromatic heterocycles. The van der Waals surface area contributed by atoms with Gasteiger partial charge in [0.25, 0.3) is 0 Å². The molecule has 0 amide bonds. The largest absolute Gasteiger partial charge is 0.489 e. The van der Waals surface area contributed by atoms with E-state index in [-0.39, 0.29) is 19.1 Å². The van der Waals surface area contributed by atoms with Gasteiger partial charge in [0.1, 0.15) is 12.4 Å². The average molecular weight is 333 g/mol. The highest BCUT2D eigenvalue weighted by Gasteiger charge is 2.33. The Bertz CT molecular complexity index is 789. The number of sulfonamides is 1. The normalized spacial score (nSPS) is 17.1. The first kappa shape index (κ1) is 15.8. The number of hydrogen-bond acceptors (Lipinski definition) is 4. The molecule has 0 spiro atoms. The summed E-state index contributed by atoms with van der Waals surface area (Å²) in [5.41, 5.74) is 2.48. The van der Waals surface area contributed by atoms with Crippen LogP contribution in [0.1, 0.15) is 17.0 Å². The molecular formula is C17H19NO4S. The van der Waals surface area contributed by atoms with Gasteiger partial charge in [-0.05, 0) is 17.2 Å². The molecule has 2 aromatic rings. The fourth-order valence-electron chi connectivity index (χ4n) is 2.78. The number of ether oxygens (including phenoxy) is 1. The van der Waals surface area contributed by atoms with E-state index < -0.39 is 10.0 Å². The monoisotopic (exact) mass is 333 g/mol. The van der Waals surface area contributed by atoms with Gasteiger partial charge in [-0.15, -0.1) is 0 Å². The van der Waals surface area contributed by atoms with E-state index in [4.69, 9.17) is 4.74 Å². The predicted octanol–water partition coefficient (Wildman–Crippen LogP) is 2.12. The van der Waals surface area contributed by atoms with E-state index in [2.05, 4.69) is 0 Å². The van der Waals surface area contributed by atoms with Crippen LogP contribution in [0.4, 0.5) is 5.69 Å². The third-order valence-corrected chi connectivity index (χ3v) is 5.11. The van der Waals surface area contributed by atoms with Gasteiger partial charge in [-0.1, -0.05) is 36.4 Å². The third-order valence-electron chi connectivity index (χ3n) is 3.97. The highest BCUT2D eigenvalue weighted by Crippen LogP contribution is 2.39. The molecule has 5 nitrogen and oxygen atoms in total. The van der Waals surface area contributed by atoms with Crippen LogP contribution in [0.3, 0.4) is 0 Å².